The molecule has 7 heteroatoms. The summed E-state index contributed by atoms with van der Waals surface area (Å²) >= 11 is 0. The molecular formula is C27H32N2O5. The number of carbonyl (C=O) groups excluding carboxylic acids is 2. The second-order valence-corrected chi connectivity index (χ2v) is 10.2. The maximum Gasteiger partial charge on any atom is 0.407 e. The maximum atomic E-state index is 12.6. The van der Waals surface area contributed by atoms with Crippen molar-refractivity contribution in [3.8, 4) is 11.1 Å². The minimum atomic E-state index is -0.829. The average molecular weight is 465 g/mol. The predicted octanol–water partition coefficient (Wildman–Crippen LogP) is 4.12. The van der Waals surface area contributed by atoms with E-state index in [0.29, 0.717) is 19.6 Å². The van der Waals surface area contributed by atoms with Gasteiger partial charge in [0.25, 0.3) is 0 Å². The third-order valence-electron chi connectivity index (χ3n) is 7.04. The zero-order chi connectivity index (χ0) is 24.5. The minimum Gasteiger partial charge on any atom is -0.481 e. The van der Waals surface area contributed by atoms with Crippen LogP contribution in [0.4, 0.5) is 4.79 Å². The predicted molar refractivity (Wildman–Crippen MR) is 128 cm³/mol. The first-order chi connectivity index (χ1) is 16.2. The summed E-state index contributed by atoms with van der Waals surface area (Å²) < 4.78 is 5.58. The molecule has 180 valence electrons. The van der Waals surface area contributed by atoms with Crippen LogP contribution in [0.2, 0.25) is 0 Å². The van der Waals surface area contributed by atoms with E-state index in [1.807, 2.05) is 38.1 Å². The van der Waals surface area contributed by atoms with Gasteiger partial charge in [-0.15, -0.1) is 0 Å². The molecule has 0 bridgehead atoms. The number of benzene rings is 2. The number of hydrogen-bond donors (Lipinski definition) is 2. The summed E-state index contributed by atoms with van der Waals surface area (Å²) in [6.07, 6.45) is -0.230. The summed E-state index contributed by atoms with van der Waals surface area (Å²) in [4.78, 5) is 37.8. The summed E-state index contributed by atoms with van der Waals surface area (Å²) in [5.74, 6) is -1.30. The molecule has 0 radical (unpaired) electrons. The molecule has 1 fully saturated rings. The molecule has 7 nitrogen and oxygen atoms in total. The summed E-state index contributed by atoms with van der Waals surface area (Å²) in [5.41, 5.74) is 4.22. The van der Waals surface area contributed by atoms with Crippen molar-refractivity contribution >= 4 is 18.0 Å². The largest absolute Gasteiger partial charge is 0.481 e. The lowest BCUT2D eigenvalue weighted by Crippen LogP contribution is -2.54. The maximum absolute atomic E-state index is 12.6. The zero-order valence-corrected chi connectivity index (χ0v) is 19.9. The molecule has 0 saturated carbocycles. The monoisotopic (exact) mass is 464 g/mol. The molecule has 1 unspecified atom stereocenters. The number of carboxylic acids is 1. The highest BCUT2D eigenvalue weighted by Gasteiger charge is 2.38. The van der Waals surface area contributed by atoms with Crippen LogP contribution in [0, 0.1) is 17.3 Å². The third-order valence-corrected chi connectivity index (χ3v) is 7.04. The zero-order valence-electron chi connectivity index (χ0n) is 19.9. The molecule has 2 aromatic carbocycles. The lowest BCUT2D eigenvalue weighted by Gasteiger charge is -2.42. The second-order valence-electron chi connectivity index (χ2n) is 10.2. The summed E-state index contributed by atoms with van der Waals surface area (Å²) in [6, 6.07) is 16.4. The number of aliphatic carboxylic acids is 1. The molecule has 2 aliphatic rings. The van der Waals surface area contributed by atoms with Crippen LogP contribution < -0.4 is 5.32 Å². The molecule has 1 aliphatic carbocycles. The number of nitrogens with one attached hydrogen (secondary N) is 1. The van der Waals surface area contributed by atoms with Crippen molar-refractivity contribution in [1.29, 1.82) is 0 Å². The Morgan fingerprint density at radius 3 is 2.18 bits per heavy atom. The Hall–Kier alpha value is -3.35. The molecule has 0 aromatic heterocycles. The van der Waals surface area contributed by atoms with Gasteiger partial charge in [0, 0.05) is 37.9 Å². The van der Waals surface area contributed by atoms with Gasteiger partial charge in [-0.2, -0.15) is 0 Å². The number of ether oxygens (including phenoxy) is 1. The van der Waals surface area contributed by atoms with E-state index in [9.17, 15) is 14.4 Å². The molecule has 1 atom stereocenters. The molecule has 4 rings (SSSR count). The number of alkyl carbamates (subject to hydrolysis) is 1. The SMILES string of the molecule is CC(C(=O)O)C1CN(C(=O)CC(C)(C)CNC(=O)OCC2c3ccccc3-c3ccccc32)C1. The van der Waals surface area contributed by atoms with Crippen LogP contribution in [0.25, 0.3) is 11.1 Å². The first-order valence-corrected chi connectivity index (χ1v) is 11.8. The fraction of sp³-hybridized carbons (Fsp3) is 0.444. The fourth-order valence-electron chi connectivity index (χ4n) is 4.78. The highest BCUT2D eigenvalue weighted by atomic mass is 16.5. The lowest BCUT2D eigenvalue weighted by molar-refractivity contribution is -0.151. The molecule has 2 amide bonds. The van der Waals surface area contributed by atoms with Gasteiger partial charge in [-0.05, 0) is 27.7 Å². The molecule has 1 heterocycles. The van der Waals surface area contributed by atoms with Gasteiger partial charge in [0.15, 0.2) is 0 Å². The molecule has 2 aromatic rings. The highest BCUT2D eigenvalue weighted by molar-refractivity contribution is 5.80. The molecule has 1 saturated heterocycles. The van der Waals surface area contributed by atoms with Gasteiger partial charge in [0.05, 0.1) is 5.92 Å². The first kappa shape index (κ1) is 23.8. The first-order valence-electron chi connectivity index (χ1n) is 11.8. The van der Waals surface area contributed by atoms with Crippen molar-refractivity contribution in [2.45, 2.75) is 33.1 Å². The minimum absolute atomic E-state index is 0.000273. The van der Waals surface area contributed by atoms with Gasteiger partial charge in [-0.25, -0.2) is 4.79 Å². The fourth-order valence-corrected chi connectivity index (χ4v) is 4.78. The Morgan fingerprint density at radius 1 is 1.06 bits per heavy atom. The molecule has 0 spiro atoms. The van der Waals surface area contributed by atoms with Crippen molar-refractivity contribution in [3.63, 3.8) is 0 Å². The quantitative estimate of drug-likeness (QED) is 0.613. The van der Waals surface area contributed by atoms with Gasteiger partial charge in [0.2, 0.25) is 5.91 Å². The normalized spacial score (nSPS) is 16.3. The Kier molecular flexibility index (Phi) is 6.64. The summed E-state index contributed by atoms with van der Waals surface area (Å²) in [5, 5.41) is 11.9. The van der Waals surface area contributed by atoms with E-state index in [1.54, 1.807) is 11.8 Å². The van der Waals surface area contributed by atoms with Crippen LogP contribution in [0.3, 0.4) is 0 Å². The van der Waals surface area contributed by atoms with Crippen molar-refractivity contribution < 1.29 is 24.2 Å². The van der Waals surface area contributed by atoms with E-state index < -0.39 is 23.4 Å². The van der Waals surface area contributed by atoms with E-state index in [2.05, 4.69) is 29.6 Å². The second kappa shape index (κ2) is 9.49. The molecular weight excluding hydrogens is 432 g/mol. The van der Waals surface area contributed by atoms with Crippen LogP contribution in [-0.4, -0.2) is 54.2 Å². The lowest BCUT2D eigenvalue weighted by atomic mass is 9.84. The Bertz CT molecular complexity index is 1040. The number of fused-ring (bicyclic) bond motifs is 3. The van der Waals surface area contributed by atoms with Crippen molar-refractivity contribution in [2.75, 3.05) is 26.2 Å². The van der Waals surface area contributed by atoms with Crippen molar-refractivity contribution in [1.82, 2.24) is 10.2 Å². The van der Waals surface area contributed by atoms with Gasteiger partial charge in [-0.3, -0.25) is 9.59 Å². The summed E-state index contributed by atoms with van der Waals surface area (Å²) in [7, 11) is 0. The van der Waals surface area contributed by atoms with E-state index in [0.717, 1.165) is 11.1 Å². The number of nitrogens with zero attached hydrogens (tertiary/aromatic N) is 1. The van der Waals surface area contributed by atoms with E-state index in [1.165, 1.54) is 11.1 Å². The molecule has 2 N–H and O–H groups in total. The van der Waals surface area contributed by atoms with Crippen LogP contribution in [-0.2, 0) is 14.3 Å². The van der Waals surface area contributed by atoms with Crippen LogP contribution in [0.1, 0.15) is 44.2 Å². The Morgan fingerprint density at radius 2 is 1.62 bits per heavy atom. The van der Waals surface area contributed by atoms with Gasteiger partial charge >= 0.3 is 12.1 Å². The van der Waals surface area contributed by atoms with Gasteiger partial charge < -0.3 is 20.1 Å². The number of rotatable bonds is 8. The molecule has 34 heavy (non-hydrogen) atoms. The Labute approximate surface area is 200 Å². The number of carbonyl (C=O) groups is 3. The third kappa shape index (κ3) is 4.93. The van der Waals surface area contributed by atoms with Gasteiger partial charge in [0.1, 0.15) is 6.61 Å². The number of amides is 2. The topological polar surface area (TPSA) is 95.9 Å². The molecule has 1 aliphatic heterocycles. The standard InChI is InChI=1S/C27H32N2O5/c1-17(25(31)32)18-13-29(14-18)24(30)12-27(2,3)16-28-26(33)34-15-23-21-10-6-4-8-19(21)20-9-5-7-11-22(20)23/h4-11,17-18,23H,12-16H2,1-3H3,(H,28,33)(H,31,32). The highest BCUT2D eigenvalue weighted by Crippen LogP contribution is 2.44. The van der Waals surface area contributed by atoms with Crippen LogP contribution in [0.5, 0.6) is 0 Å². The van der Waals surface area contributed by atoms with Crippen LogP contribution >= 0.6 is 0 Å². The Balaban J connectivity index is 1.25. The summed E-state index contributed by atoms with van der Waals surface area (Å²) in [6.45, 7) is 7.02. The number of likely N-dealkylation sites (tertiary alicyclic amines) is 1. The smallest absolute Gasteiger partial charge is 0.407 e. The van der Waals surface area contributed by atoms with Crippen molar-refractivity contribution in [2.24, 2.45) is 17.3 Å². The average Bonchev–Trinajstić information content (AvgIpc) is 3.08. The number of carboxylic acid groups (broad SMARTS) is 1. The van der Waals surface area contributed by atoms with E-state index in [4.69, 9.17) is 9.84 Å². The van der Waals surface area contributed by atoms with Crippen molar-refractivity contribution in [3.05, 3.63) is 59.7 Å². The number of hydrogen-bond acceptors (Lipinski definition) is 4. The van der Waals surface area contributed by atoms with Crippen LogP contribution in [0.15, 0.2) is 48.5 Å². The van der Waals surface area contributed by atoms with Gasteiger partial charge in [-0.1, -0.05) is 69.3 Å². The van der Waals surface area contributed by atoms with E-state index in [-0.39, 0.29) is 30.8 Å². The van der Waals surface area contributed by atoms with E-state index >= 15 is 0 Å².